The van der Waals surface area contributed by atoms with Gasteiger partial charge >= 0.3 is 0 Å². The second kappa shape index (κ2) is 6.80. The van der Waals surface area contributed by atoms with Gasteiger partial charge in [0.05, 0.1) is 16.6 Å². The Morgan fingerprint density at radius 2 is 1.89 bits per heavy atom. The van der Waals surface area contributed by atoms with Gasteiger partial charge in [0, 0.05) is 5.92 Å². The molecule has 0 saturated carbocycles. The number of para-hydroxylation sites is 1. The fraction of sp³-hybridized carbons (Fsp3) is 0.500. The van der Waals surface area contributed by atoms with Crippen molar-refractivity contribution in [2.24, 2.45) is 5.92 Å². The highest BCUT2D eigenvalue weighted by Gasteiger charge is 2.18. The zero-order valence-electron chi connectivity index (χ0n) is 11.7. The number of carbonyl (C=O) groups is 1. The van der Waals surface area contributed by atoms with Crippen LogP contribution in [0.5, 0.6) is 0 Å². The molecule has 0 unspecified atom stereocenters. The Bertz CT molecular complexity index is 507. The number of hydrogen-bond acceptors (Lipinski definition) is 3. The molecule has 0 fully saturated rings. The van der Waals surface area contributed by atoms with Crippen LogP contribution in [0.2, 0.25) is 0 Å². The van der Waals surface area contributed by atoms with Gasteiger partial charge in [0.15, 0.2) is 0 Å². The standard InChI is InChI=1S/C16H21NOS/c1-3-7-12(8-4-2)14(18)11-16-17-13-9-5-6-10-15(13)19-16/h5-6,9-10,12H,3-4,7-8,11H2,1-2H3. The van der Waals surface area contributed by atoms with Gasteiger partial charge in [-0.3, -0.25) is 4.79 Å². The third kappa shape index (κ3) is 3.63. The first kappa shape index (κ1) is 14.2. The first-order valence-corrected chi connectivity index (χ1v) is 7.93. The molecule has 2 nitrogen and oxygen atoms in total. The summed E-state index contributed by atoms with van der Waals surface area (Å²) in [7, 11) is 0. The second-order valence-electron chi connectivity index (χ2n) is 4.99. The van der Waals surface area contributed by atoms with Crippen molar-refractivity contribution in [3.8, 4) is 0 Å². The van der Waals surface area contributed by atoms with Crippen LogP contribution in [0.15, 0.2) is 24.3 Å². The van der Waals surface area contributed by atoms with E-state index >= 15 is 0 Å². The van der Waals surface area contributed by atoms with Crippen LogP contribution >= 0.6 is 11.3 Å². The molecule has 0 saturated heterocycles. The Kier molecular flexibility index (Phi) is 5.08. The minimum atomic E-state index is 0.224. The summed E-state index contributed by atoms with van der Waals surface area (Å²) < 4.78 is 1.17. The second-order valence-corrected chi connectivity index (χ2v) is 6.11. The Balaban J connectivity index is 2.08. The average molecular weight is 275 g/mol. The number of rotatable bonds is 7. The molecule has 102 valence electrons. The van der Waals surface area contributed by atoms with Crippen LogP contribution in [-0.4, -0.2) is 10.8 Å². The summed E-state index contributed by atoms with van der Waals surface area (Å²) >= 11 is 1.65. The van der Waals surface area contributed by atoms with Gasteiger partial charge in [-0.25, -0.2) is 4.98 Å². The maximum atomic E-state index is 12.3. The van der Waals surface area contributed by atoms with Crippen molar-refractivity contribution in [3.63, 3.8) is 0 Å². The predicted octanol–water partition coefficient (Wildman–Crippen LogP) is 4.62. The maximum Gasteiger partial charge on any atom is 0.142 e. The van der Waals surface area contributed by atoms with Crippen LogP contribution < -0.4 is 0 Å². The molecule has 0 aliphatic rings. The highest BCUT2D eigenvalue weighted by atomic mass is 32.1. The molecule has 0 aliphatic heterocycles. The molecular weight excluding hydrogens is 254 g/mol. The molecule has 19 heavy (non-hydrogen) atoms. The molecule has 0 aliphatic carbocycles. The van der Waals surface area contributed by atoms with Crippen LogP contribution in [0.4, 0.5) is 0 Å². The quantitative estimate of drug-likeness (QED) is 0.737. The van der Waals surface area contributed by atoms with E-state index < -0.39 is 0 Å². The van der Waals surface area contributed by atoms with Crippen molar-refractivity contribution >= 4 is 27.3 Å². The summed E-state index contributed by atoms with van der Waals surface area (Å²) in [5.74, 6) is 0.588. The van der Waals surface area contributed by atoms with Crippen LogP contribution in [0, 0.1) is 5.92 Å². The highest BCUT2D eigenvalue weighted by Crippen LogP contribution is 2.24. The summed E-state index contributed by atoms with van der Waals surface area (Å²) in [5.41, 5.74) is 1.01. The van der Waals surface area contributed by atoms with Gasteiger partial charge in [-0.05, 0) is 25.0 Å². The normalized spacial score (nSPS) is 11.3. The molecule has 1 aromatic carbocycles. The van der Waals surface area contributed by atoms with Gasteiger partial charge < -0.3 is 0 Å². The summed E-state index contributed by atoms with van der Waals surface area (Å²) in [6.07, 6.45) is 4.69. The van der Waals surface area contributed by atoms with Crippen LogP contribution in [0.25, 0.3) is 10.2 Å². The van der Waals surface area contributed by atoms with Crippen LogP contribution in [0.1, 0.15) is 44.5 Å². The number of ketones is 1. The van der Waals surface area contributed by atoms with E-state index in [0.717, 1.165) is 36.2 Å². The average Bonchev–Trinajstić information content (AvgIpc) is 2.80. The Morgan fingerprint density at radius 3 is 2.53 bits per heavy atom. The number of thiazole rings is 1. The van der Waals surface area contributed by atoms with Crippen molar-refractivity contribution in [2.45, 2.75) is 46.0 Å². The SMILES string of the molecule is CCCC(CCC)C(=O)Cc1nc2ccccc2s1. The number of Topliss-reactive ketones (excluding diaryl/α,β-unsaturated/α-hetero) is 1. The number of carbonyl (C=O) groups excluding carboxylic acids is 1. The lowest BCUT2D eigenvalue weighted by molar-refractivity contribution is -0.122. The van der Waals surface area contributed by atoms with E-state index in [2.05, 4.69) is 24.9 Å². The molecule has 1 heterocycles. The molecule has 0 amide bonds. The fourth-order valence-corrected chi connectivity index (χ4v) is 3.43. The molecule has 1 aromatic heterocycles. The van der Waals surface area contributed by atoms with Crippen molar-refractivity contribution in [3.05, 3.63) is 29.3 Å². The van der Waals surface area contributed by atoms with Gasteiger partial charge in [-0.15, -0.1) is 11.3 Å². The Hall–Kier alpha value is -1.22. The Morgan fingerprint density at radius 1 is 1.21 bits per heavy atom. The van der Waals surface area contributed by atoms with Crippen molar-refractivity contribution < 1.29 is 4.79 Å². The number of benzene rings is 1. The summed E-state index contributed by atoms with van der Waals surface area (Å²) in [6, 6.07) is 8.08. The number of nitrogens with zero attached hydrogens (tertiary/aromatic N) is 1. The number of fused-ring (bicyclic) bond motifs is 1. The van der Waals surface area contributed by atoms with Crippen molar-refractivity contribution in [1.82, 2.24) is 4.98 Å². The molecule has 0 spiro atoms. The highest BCUT2D eigenvalue weighted by molar-refractivity contribution is 7.18. The van der Waals surface area contributed by atoms with Gasteiger partial charge in [0.2, 0.25) is 0 Å². The smallest absolute Gasteiger partial charge is 0.142 e. The summed E-state index contributed by atoms with van der Waals surface area (Å²) in [4.78, 5) is 16.9. The first-order chi connectivity index (χ1) is 9.24. The largest absolute Gasteiger partial charge is 0.299 e. The van der Waals surface area contributed by atoms with Gasteiger partial charge in [-0.2, -0.15) is 0 Å². The lowest BCUT2D eigenvalue weighted by atomic mass is 9.92. The van der Waals surface area contributed by atoms with Gasteiger partial charge in [0.25, 0.3) is 0 Å². The monoisotopic (exact) mass is 275 g/mol. The summed E-state index contributed by atoms with van der Waals surface area (Å²) in [6.45, 7) is 4.29. The summed E-state index contributed by atoms with van der Waals surface area (Å²) in [5, 5.41) is 0.961. The van der Waals surface area contributed by atoms with Crippen LogP contribution in [0.3, 0.4) is 0 Å². The molecule has 0 atom stereocenters. The number of aromatic nitrogens is 1. The minimum Gasteiger partial charge on any atom is -0.299 e. The van der Waals surface area contributed by atoms with Crippen LogP contribution in [-0.2, 0) is 11.2 Å². The molecule has 2 aromatic rings. The maximum absolute atomic E-state index is 12.3. The predicted molar refractivity (Wildman–Crippen MR) is 81.6 cm³/mol. The van der Waals surface area contributed by atoms with Gasteiger partial charge in [0.1, 0.15) is 10.8 Å². The van der Waals surface area contributed by atoms with Gasteiger partial charge in [-0.1, -0.05) is 38.8 Å². The molecule has 0 N–H and O–H groups in total. The number of hydrogen-bond donors (Lipinski definition) is 0. The molecular formula is C16H21NOS. The topological polar surface area (TPSA) is 30.0 Å². The molecule has 0 bridgehead atoms. The van der Waals surface area contributed by atoms with Crippen molar-refractivity contribution in [2.75, 3.05) is 0 Å². The Labute approximate surface area is 118 Å². The van der Waals surface area contributed by atoms with Crippen molar-refractivity contribution in [1.29, 1.82) is 0 Å². The lowest BCUT2D eigenvalue weighted by Crippen LogP contribution is -2.16. The molecule has 0 radical (unpaired) electrons. The fourth-order valence-electron chi connectivity index (χ4n) is 2.45. The third-order valence-electron chi connectivity index (χ3n) is 3.39. The zero-order valence-corrected chi connectivity index (χ0v) is 12.5. The van der Waals surface area contributed by atoms with E-state index in [1.54, 1.807) is 11.3 Å². The lowest BCUT2D eigenvalue weighted by Gasteiger charge is -2.12. The van der Waals surface area contributed by atoms with E-state index in [1.807, 2.05) is 18.2 Å². The van der Waals surface area contributed by atoms with E-state index in [9.17, 15) is 4.79 Å². The zero-order chi connectivity index (χ0) is 13.7. The van der Waals surface area contributed by atoms with E-state index in [1.165, 1.54) is 4.70 Å². The molecule has 3 heteroatoms. The first-order valence-electron chi connectivity index (χ1n) is 7.11. The molecule has 2 rings (SSSR count). The van der Waals surface area contributed by atoms with E-state index in [0.29, 0.717) is 12.2 Å². The minimum absolute atomic E-state index is 0.224. The van der Waals surface area contributed by atoms with E-state index in [-0.39, 0.29) is 5.92 Å². The van der Waals surface area contributed by atoms with E-state index in [4.69, 9.17) is 0 Å². The third-order valence-corrected chi connectivity index (χ3v) is 4.43.